The highest BCUT2D eigenvalue weighted by Crippen LogP contribution is 2.22. The van der Waals surface area contributed by atoms with Crippen LogP contribution in [0, 0.1) is 6.92 Å². The lowest BCUT2D eigenvalue weighted by molar-refractivity contribution is 0.0528. The number of anilines is 2. The van der Waals surface area contributed by atoms with E-state index in [0.29, 0.717) is 13.1 Å². The SMILES string of the molecule is CCN(CC)c1ccc(NC(=O)NCCNC(=O)OC(C)(C)C)c(C)c1. The Morgan fingerprint density at radius 1 is 1.08 bits per heavy atom. The number of hydrogen-bond donors (Lipinski definition) is 3. The van der Waals surface area contributed by atoms with E-state index in [2.05, 4.69) is 40.8 Å². The van der Waals surface area contributed by atoms with Gasteiger partial charge in [0, 0.05) is 37.6 Å². The summed E-state index contributed by atoms with van der Waals surface area (Å²) < 4.78 is 5.12. The van der Waals surface area contributed by atoms with Crippen molar-refractivity contribution in [2.75, 3.05) is 36.4 Å². The zero-order valence-electron chi connectivity index (χ0n) is 16.7. The largest absolute Gasteiger partial charge is 0.444 e. The van der Waals surface area contributed by atoms with Crippen molar-refractivity contribution in [2.45, 2.75) is 47.1 Å². The Morgan fingerprint density at radius 3 is 2.23 bits per heavy atom. The molecule has 3 N–H and O–H groups in total. The third kappa shape index (κ3) is 7.63. The van der Waals surface area contributed by atoms with Gasteiger partial charge in [0.2, 0.25) is 0 Å². The van der Waals surface area contributed by atoms with Gasteiger partial charge < -0.3 is 25.6 Å². The van der Waals surface area contributed by atoms with E-state index < -0.39 is 11.7 Å². The summed E-state index contributed by atoms with van der Waals surface area (Å²) in [5.41, 5.74) is 2.36. The van der Waals surface area contributed by atoms with E-state index in [4.69, 9.17) is 4.74 Å². The molecule has 146 valence electrons. The fraction of sp³-hybridized carbons (Fsp3) is 0.579. The molecule has 1 rings (SSSR count). The van der Waals surface area contributed by atoms with Crippen LogP contribution in [0.3, 0.4) is 0 Å². The first-order chi connectivity index (χ1) is 12.2. The second-order valence-electron chi connectivity index (χ2n) is 6.98. The minimum atomic E-state index is -0.538. The van der Waals surface area contributed by atoms with Crippen molar-refractivity contribution in [3.63, 3.8) is 0 Å². The zero-order chi connectivity index (χ0) is 19.7. The van der Waals surface area contributed by atoms with E-state index in [1.54, 1.807) is 20.8 Å². The van der Waals surface area contributed by atoms with Gasteiger partial charge >= 0.3 is 12.1 Å². The van der Waals surface area contributed by atoms with Crippen LogP contribution < -0.4 is 20.9 Å². The van der Waals surface area contributed by atoms with Crippen LogP contribution >= 0.6 is 0 Å². The second-order valence-corrected chi connectivity index (χ2v) is 6.98. The third-order valence-corrected chi connectivity index (χ3v) is 3.67. The summed E-state index contributed by atoms with van der Waals surface area (Å²) >= 11 is 0. The third-order valence-electron chi connectivity index (χ3n) is 3.67. The molecule has 26 heavy (non-hydrogen) atoms. The van der Waals surface area contributed by atoms with Crippen molar-refractivity contribution in [1.29, 1.82) is 0 Å². The Morgan fingerprint density at radius 2 is 1.69 bits per heavy atom. The van der Waals surface area contributed by atoms with Crippen LogP contribution in [-0.4, -0.2) is 43.9 Å². The monoisotopic (exact) mass is 364 g/mol. The van der Waals surface area contributed by atoms with Crippen molar-refractivity contribution >= 4 is 23.5 Å². The number of urea groups is 1. The molecule has 0 aliphatic carbocycles. The van der Waals surface area contributed by atoms with Gasteiger partial charge in [0.15, 0.2) is 0 Å². The molecule has 0 atom stereocenters. The first-order valence-electron chi connectivity index (χ1n) is 9.03. The van der Waals surface area contributed by atoms with E-state index in [-0.39, 0.29) is 6.03 Å². The zero-order valence-corrected chi connectivity index (χ0v) is 16.7. The van der Waals surface area contributed by atoms with Crippen LogP contribution in [0.15, 0.2) is 18.2 Å². The van der Waals surface area contributed by atoms with Crippen LogP contribution in [0.25, 0.3) is 0 Å². The van der Waals surface area contributed by atoms with Crippen LogP contribution in [0.4, 0.5) is 21.0 Å². The molecule has 0 bridgehead atoms. The summed E-state index contributed by atoms with van der Waals surface area (Å²) in [6.45, 7) is 14.1. The quantitative estimate of drug-likeness (QED) is 0.647. The molecule has 0 saturated heterocycles. The number of amides is 3. The highest BCUT2D eigenvalue weighted by molar-refractivity contribution is 5.90. The molecule has 0 heterocycles. The van der Waals surface area contributed by atoms with E-state index in [9.17, 15) is 9.59 Å². The fourth-order valence-electron chi connectivity index (χ4n) is 2.39. The predicted octanol–water partition coefficient (Wildman–Crippen LogP) is 3.49. The Labute approximate surface area is 156 Å². The van der Waals surface area contributed by atoms with E-state index in [1.165, 1.54) is 0 Å². The Balaban J connectivity index is 2.43. The standard InChI is InChI=1S/C19H32N4O3/c1-7-23(8-2)15-9-10-16(14(3)13-15)22-17(24)20-11-12-21-18(25)26-19(4,5)6/h9-10,13H,7-8,11-12H2,1-6H3,(H,21,25)(H2,20,22,24). The summed E-state index contributed by atoms with van der Waals surface area (Å²) in [4.78, 5) is 25.8. The maximum absolute atomic E-state index is 12.0. The molecule has 0 radical (unpaired) electrons. The maximum Gasteiger partial charge on any atom is 0.407 e. The van der Waals surface area contributed by atoms with Crippen LogP contribution in [0.1, 0.15) is 40.2 Å². The summed E-state index contributed by atoms with van der Waals surface area (Å²) in [5.74, 6) is 0. The van der Waals surface area contributed by atoms with Gasteiger partial charge in [-0.05, 0) is 65.3 Å². The Kier molecular flexibility index (Phi) is 8.22. The van der Waals surface area contributed by atoms with Gasteiger partial charge in [-0.1, -0.05) is 0 Å². The minimum absolute atomic E-state index is 0.294. The lowest BCUT2D eigenvalue weighted by Crippen LogP contribution is -2.39. The van der Waals surface area contributed by atoms with Crippen LogP contribution in [0.2, 0.25) is 0 Å². The number of aryl methyl sites for hydroxylation is 1. The van der Waals surface area contributed by atoms with Gasteiger partial charge in [-0.25, -0.2) is 9.59 Å². The molecule has 0 aromatic heterocycles. The fourth-order valence-corrected chi connectivity index (χ4v) is 2.39. The first kappa shape index (κ1) is 21.6. The number of alkyl carbamates (subject to hydrolysis) is 1. The summed E-state index contributed by atoms with van der Waals surface area (Å²) in [7, 11) is 0. The second kappa shape index (κ2) is 9.89. The smallest absolute Gasteiger partial charge is 0.407 e. The maximum atomic E-state index is 12.0. The average Bonchev–Trinajstić information content (AvgIpc) is 2.53. The molecular weight excluding hydrogens is 332 g/mol. The molecule has 7 nitrogen and oxygen atoms in total. The first-order valence-corrected chi connectivity index (χ1v) is 9.03. The van der Waals surface area contributed by atoms with E-state index in [1.807, 2.05) is 19.1 Å². The van der Waals surface area contributed by atoms with Crippen molar-refractivity contribution in [2.24, 2.45) is 0 Å². The summed E-state index contributed by atoms with van der Waals surface area (Å²) in [6, 6.07) is 5.66. The average molecular weight is 364 g/mol. The molecule has 3 amide bonds. The Hall–Kier alpha value is -2.44. The molecule has 0 aliphatic rings. The molecule has 0 saturated carbocycles. The number of carbonyl (C=O) groups excluding carboxylic acids is 2. The lowest BCUT2D eigenvalue weighted by atomic mass is 10.1. The van der Waals surface area contributed by atoms with Crippen LogP contribution in [0.5, 0.6) is 0 Å². The number of carbonyl (C=O) groups is 2. The van der Waals surface area contributed by atoms with E-state index >= 15 is 0 Å². The lowest BCUT2D eigenvalue weighted by Gasteiger charge is -2.22. The number of rotatable bonds is 7. The van der Waals surface area contributed by atoms with Gasteiger partial charge in [-0.2, -0.15) is 0 Å². The highest BCUT2D eigenvalue weighted by atomic mass is 16.6. The molecule has 0 unspecified atom stereocenters. The van der Waals surface area contributed by atoms with Crippen molar-refractivity contribution < 1.29 is 14.3 Å². The molecule has 7 heteroatoms. The van der Waals surface area contributed by atoms with Crippen molar-refractivity contribution in [3.05, 3.63) is 23.8 Å². The minimum Gasteiger partial charge on any atom is -0.444 e. The summed E-state index contributed by atoms with van der Waals surface area (Å²) in [5, 5.41) is 8.13. The number of nitrogens with zero attached hydrogens (tertiary/aromatic N) is 1. The molecule has 0 aliphatic heterocycles. The number of hydrogen-bond acceptors (Lipinski definition) is 4. The van der Waals surface area contributed by atoms with Gasteiger partial charge in [-0.3, -0.25) is 0 Å². The van der Waals surface area contributed by atoms with Crippen LogP contribution in [-0.2, 0) is 4.74 Å². The number of ether oxygens (including phenoxy) is 1. The van der Waals surface area contributed by atoms with Gasteiger partial charge in [0.05, 0.1) is 0 Å². The predicted molar refractivity (Wildman–Crippen MR) is 106 cm³/mol. The molecule has 1 aromatic rings. The molecule has 0 fully saturated rings. The topological polar surface area (TPSA) is 82.7 Å². The summed E-state index contributed by atoms with van der Waals surface area (Å²) in [6.07, 6.45) is -0.498. The van der Waals surface area contributed by atoms with E-state index in [0.717, 1.165) is 30.0 Å². The Bertz CT molecular complexity index is 607. The molecular formula is C19H32N4O3. The normalized spacial score (nSPS) is 10.8. The highest BCUT2D eigenvalue weighted by Gasteiger charge is 2.15. The molecule has 0 spiro atoms. The van der Waals surface area contributed by atoms with Gasteiger partial charge in [-0.15, -0.1) is 0 Å². The molecule has 1 aromatic carbocycles. The number of benzene rings is 1. The van der Waals surface area contributed by atoms with Gasteiger partial charge in [0.25, 0.3) is 0 Å². The van der Waals surface area contributed by atoms with Crippen molar-refractivity contribution in [1.82, 2.24) is 10.6 Å². The van der Waals surface area contributed by atoms with Gasteiger partial charge in [0.1, 0.15) is 5.60 Å². The number of nitrogens with one attached hydrogen (secondary N) is 3. The van der Waals surface area contributed by atoms with Crippen molar-refractivity contribution in [3.8, 4) is 0 Å².